The van der Waals surface area contributed by atoms with E-state index >= 15 is 0 Å². The van der Waals surface area contributed by atoms with Crippen LogP contribution in [0.15, 0.2) is 0 Å². The summed E-state index contributed by atoms with van der Waals surface area (Å²) in [5.74, 6) is 1.60. The lowest BCUT2D eigenvalue weighted by atomic mass is 9.81. The summed E-state index contributed by atoms with van der Waals surface area (Å²) in [5.41, 5.74) is 0.340. The lowest BCUT2D eigenvalue weighted by Gasteiger charge is -2.33. The van der Waals surface area contributed by atoms with Crippen molar-refractivity contribution in [2.75, 3.05) is 32.5 Å². The van der Waals surface area contributed by atoms with Crippen LogP contribution in [0.2, 0.25) is 0 Å². The molecule has 0 aromatic heterocycles. The summed E-state index contributed by atoms with van der Waals surface area (Å²) in [7, 11) is 2.20. The van der Waals surface area contributed by atoms with Crippen molar-refractivity contribution in [3.05, 3.63) is 0 Å². The summed E-state index contributed by atoms with van der Waals surface area (Å²) in [6.07, 6.45) is 2.92. The Morgan fingerprint density at radius 1 is 1.44 bits per heavy atom. The first-order valence-electron chi connectivity index (χ1n) is 6.34. The quantitative estimate of drug-likeness (QED) is 0.748. The van der Waals surface area contributed by atoms with Gasteiger partial charge in [0.15, 0.2) is 0 Å². The van der Waals surface area contributed by atoms with Gasteiger partial charge in [-0.05, 0) is 37.0 Å². The van der Waals surface area contributed by atoms with Gasteiger partial charge in [-0.25, -0.2) is 0 Å². The first-order chi connectivity index (χ1) is 7.43. The lowest BCUT2D eigenvalue weighted by molar-refractivity contribution is 0.0702. The van der Waals surface area contributed by atoms with Crippen molar-refractivity contribution < 1.29 is 4.74 Å². The fourth-order valence-electron chi connectivity index (χ4n) is 2.19. The second-order valence-electron chi connectivity index (χ2n) is 6.10. The molecule has 2 unspecified atom stereocenters. The molecule has 0 aromatic carbocycles. The smallest absolute Gasteiger partial charge is 0.0702 e. The molecule has 0 N–H and O–H groups in total. The number of rotatable bonds is 5. The van der Waals surface area contributed by atoms with Crippen LogP contribution in [0.5, 0.6) is 0 Å². The van der Waals surface area contributed by atoms with Crippen molar-refractivity contribution in [1.82, 2.24) is 4.90 Å². The van der Waals surface area contributed by atoms with Gasteiger partial charge in [-0.3, -0.25) is 0 Å². The summed E-state index contributed by atoms with van der Waals surface area (Å²) in [6, 6.07) is 0. The van der Waals surface area contributed by atoms with E-state index in [-0.39, 0.29) is 0 Å². The fraction of sp³-hybridized carbons (Fsp3) is 1.00. The first kappa shape index (κ1) is 14.3. The van der Waals surface area contributed by atoms with Crippen LogP contribution >= 0.6 is 12.6 Å². The molecule has 0 spiro atoms. The average Bonchev–Trinajstić information content (AvgIpc) is 2.64. The van der Waals surface area contributed by atoms with Gasteiger partial charge in [-0.15, -0.1) is 0 Å². The normalized spacial score (nSPS) is 24.0. The van der Waals surface area contributed by atoms with Gasteiger partial charge in [0.05, 0.1) is 6.10 Å². The van der Waals surface area contributed by atoms with Crippen LogP contribution < -0.4 is 0 Å². The Morgan fingerprint density at radius 3 is 2.56 bits per heavy atom. The summed E-state index contributed by atoms with van der Waals surface area (Å²) >= 11 is 4.47. The van der Waals surface area contributed by atoms with E-state index in [2.05, 4.69) is 45.3 Å². The second-order valence-corrected chi connectivity index (χ2v) is 6.47. The maximum Gasteiger partial charge on any atom is 0.0702 e. The molecule has 96 valence electrons. The zero-order valence-electron chi connectivity index (χ0n) is 11.2. The molecule has 1 saturated heterocycles. The number of thiol groups is 1. The molecular weight excluding hydrogens is 218 g/mol. The SMILES string of the molecule is CN(CC1CCCO1)CC(CS)C(C)(C)C. The van der Waals surface area contributed by atoms with Gasteiger partial charge in [-0.2, -0.15) is 12.6 Å². The second kappa shape index (κ2) is 6.27. The molecule has 1 aliphatic heterocycles. The maximum atomic E-state index is 5.66. The molecule has 2 atom stereocenters. The lowest BCUT2D eigenvalue weighted by Crippen LogP contribution is -2.38. The topological polar surface area (TPSA) is 12.5 Å². The highest BCUT2D eigenvalue weighted by atomic mass is 32.1. The van der Waals surface area contributed by atoms with Gasteiger partial charge >= 0.3 is 0 Å². The van der Waals surface area contributed by atoms with Crippen LogP contribution in [0.3, 0.4) is 0 Å². The standard InChI is InChI=1S/C13H27NOS/c1-13(2,3)11(10-16)8-14(4)9-12-6-5-7-15-12/h11-12,16H,5-10H2,1-4H3. The van der Waals surface area contributed by atoms with E-state index in [4.69, 9.17) is 4.74 Å². The predicted molar refractivity (Wildman–Crippen MR) is 73.3 cm³/mol. The van der Waals surface area contributed by atoms with Crippen LogP contribution in [0.4, 0.5) is 0 Å². The van der Waals surface area contributed by atoms with E-state index in [0.717, 1.165) is 25.4 Å². The monoisotopic (exact) mass is 245 g/mol. The van der Waals surface area contributed by atoms with Gasteiger partial charge < -0.3 is 9.64 Å². The molecule has 1 heterocycles. The summed E-state index contributed by atoms with van der Waals surface area (Å²) in [4.78, 5) is 2.40. The minimum absolute atomic E-state index is 0.340. The predicted octanol–water partition coefficient (Wildman–Crippen LogP) is 2.69. The molecule has 1 fully saturated rings. The Hall–Kier alpha value is 0.270. The molecule has 0 saturated carbocycles. The van der Waals surface area contributed by atoms with E-state index in [1.165, 1.54) is 12.8 Å². The zero-order chi connectivity index (χ0) is 12.2. The molecule has 0 aromatic rings. The summed E-state index contributed by atoms with van der Waals surface area (Å²) in [6.45, 7) is 10.0. The van der Waals surface area contributed by atoms with Gasteiger partial charge in [0.1, 0.15) is 0 Å². The number of likely N-dealkylation sites (N-methyl/N-ethyl adjacent to an activating group) is 1. The van der Waals surface area contributed by atoms with Gasteiger partial charge in [-0.1, -0.05) is 20.8 Å². The van der Waals surface area contributed by atoms with Crippen molar-refractivity contribution in [3.8, 4) is 0 Å². The minimum atomic E-state index is 0.340. The van der Waals surface area contributed by atoms with Crippen LogP contribution in [0.1, 0.15) is 33.6 Å². The number of ether oxygens (including phenoxy) is 1. The van der Waals surface area contributed by atoms with Crippen molar-refractivity contribution in [2.24, 2.45) is 11.3 Å². The molecule has 1 rings (SSSR count). The highest BCUT2D eigenvalue weighted by Crippen LogP contribution is 2.27. The molecule has 16 heavy (non-hydrogen) atoms. The number of hydrogen-bond acceptors (Lipinski definition) is 3. The first-order valence-corrected chi connectivity index (χ1v) is 6.97. The average molecular weight is 245 g/mol. The molecule has 2 nitrogen and oxygen atoms in total. The number of hydrogen-bond donors (Lipinski definition) is 1. The number of nitrogens with zero attached hydrogens (tertiary/aromatic N) is 1. The Labute approximate surface area is 106 Å². The largest absolute Gasteiger partial charge is 0.377 e. The summed E-state index contributed by atoms with van der Waals surface area (Å²) in [5, 5.41) is 0. The van der Waals surface area contributed by atoms with E-state index in [9.17, 15) is 0 Å². The molecule has 3 heteroatoms. The van der Waals surface area contributed by atoms with Crippen molar-refractivity contribution in [3.63, 3.8) is 0 Å². The maximum absolute atomic E-state index is 5.66. The van der Waals surface area contributed by atoms with Crippen LogP contribution in [0, 0.1) is 11.3 Å². The molecule has 1 aliphatic rings. The van der Waals surface area contributed by atoms with E-state index in [1.807, 2.05) is 0 Å². The van der Waals surface area contributed by atoms with Crippen molar-refractivity contribution in [1.29, 1.82) is 0 Å². The third kappa shape index (κ3) is 4.64. The Balaban J connectivity index is 2.33. The third-order valence-corrected chi connectivity index (χ3v) is 3.96. The third-order valence-electron chi connectivity index (χ3n) is 3.52. The Morgan fingerprint density at radius 2 is 2.12 bits per heavy atom. The van der Waals surface area contributed by atoms with Crippen LogP contribution in [0.25, 0.3) is 0 Å². The summed E-state index contributed by atoms with van der Waals surface area (Å²) < 4.78 is 5.66. The van der Waals surface area contributed by atoms with Gasteiger partial charge in [0, 0.05) is 19.7 Å². The van der Waals surface area contributed by atoms with E-state index < -0.39 is 0 Å². The highest BCUT2D eigenvalue weighted by molar-refractivity contribution is 7.80. The zero-order valence-corrected chi connectivity index (χ0v) is 12.1. The van der Waals surface area contributed by atoms with Crippen LogP contribution in [-0.2, 0) is 4.74 Å². The molecular formula is C13H27NOS. The van der Waals surface area contributed by atoms with Crippen LogP contribution in [-0.4, -0.2) is 43.5 Å². The van der Waals surface area contributed by atoms with E-state index in [1.54, 1.807) is 0 Å². The van der Waals surface area contributed by atoms with Gasteiger partial charge in [0.2, 0.25) is 0 Å². The van der Waals surface area contributed by atoms with Crippen molar-refractivity contribution in [2.45, 2.75) is 39.7 Å². The van der Waals surface area contributed by atoms with Gasteiger partial charge in [0.25, 0.3) is 0 Å². The Kier molecular flexibility index (Phi) is 5.62. The molecule has 0 aliphatic carbocycles. The Bertz CT molecular complexity index is 197. The fourth-order valence-corrected chi connectivity index (χ4v) is 2.86. The molecule has 0 bridgehead atoms. The minimum Gasteiger partial charge on any atom is -0.377 e. The molecule has 0 amide bonds. The van der Waals surface area contributed by atoms with Crippen molar-refractivity contribution >= 4 is 12.6 Å². The van der Waals surface area contributed by atoms with E-state index in [0.29, 0.717) is 17.4 Å². The molecule has 0 radical (unpaired) electrons. The highest BCUT2D eigenvalue weighted by Gasteiger charge is 2.26.